The molecule has 22 heavy (non-hydrogen) atoms. The smallest absolute Gasteiger partial charge is 0.411 e. The van der Waals surface area contributed by atoms with Crippen LogP contribution < -0.4 is 0 Å². The second-order valence-electron chi connectivity index (χ2n) is 6.18. The Morgan fingerprint density at radius 1 is 1.14 bits per heavy atom. The molecule has 114 valence electrons. The molecule has 0 saturated carbocycles. The number of hydrogen-bond acceptors (Lipinski definition) is 2. The Balaban J connectivity index is 1.86. The number of rotatable bonds is 3. The highest BCUT2D eigenvalue weighted by molar-refractivity contribution is 5.71. The predicted molar refractivity (Wildman–Crippen MR) is 86.6 cm³/mol. The molecule has 1 amide bonds. The molecule has 1 heterocycles. The van der Waals surface area contributed by atoms with Crippen molar-refractivity contribution in [2.75, 3.05) is 6.54 Å². The fourth-order valence-corrected chi connectivity index (χ4v) is 3.02. The average molecular weight is 295 g/mol. The van der Waals surface area contributed by atoms with E-state index in [2.05, 4.69) is 25.1 Å². The third-order valence-corrected chi connectivity index (χ3v) is 4.40. The van der Waals surface area contributed by atoms with Gasteiger partial charge in [0.05, 0.1) is 12.6 Å². The van der Waals surface area contributed by atoms with E-state index in [1.165, 1.54) is 5.56 Å². The van der Waals surface area contributed by atoms with Crippen LogP contribution in [-0.4, -0.2) is 17.5 Å². The summed E-state index contributed by atoms with van der Waals surface area (Å²) in [5.41, 5.74) is 2.77. The van der Waals surface area contributed by atoms with E-state index in [1.54, 1.807) is 0 Å². The first-order valence-corrected chi connectivity index (χ1v) is 7.61. The van der Waals surface area contributed by atoms with E-state index in [9.17, 15) is 4.79 Å². The van der Waals surface area contributed by atoms with Gasteiger partial charge in [-0.3, -0.25) is 4.90 Å². The Labute approximate surface area is 131 Å². The lowest BCUT2D eigenvalue weighted by molar-refractivity contribution is 0.0699. The first kappa shape index (κ1) is 14.6. The van der Waals surface area contributed by atoms with Crippen molar-refractivity contribution in [1.82, 2.24) is 4.90 Å². The van der Waals surface area contributed by atoms with Gasteiger partial charge in [-0.15, -0.1) is 0 Å². The monoisotopic (exact) mass is 295 g/mol. The van der Waals surface area contributed by atoms with Crippen LogP contribution in [0.3, 0.4) is 0 Å². The van der Waals surface area contributed by atoms with E-state index in [4.69, 9.17) is 4.74 Å². The minimum atomic E-state index is -0.587. The molecule has 0 aromatic heterocycles. The number of carbonyl (C=O) groups excluding carboxylic acids is 1. The van der Waals surface area contributed by atoms with Crippen LogP contribution >= 0.6 is 0 Å². The van der Waals surface area contributed by atoms with Gasteiger partial charge in [0.1, 0.15) is 0 Å². The first-order valence-electron chi connectivity index (χ1n) is 7.61. The predicted octanol–water partition coefficient (Wildman–Crippen LogP) is 4.42. The molecule has 3 rings (SSSR count). The Morgan fingerprint density at radius 3 is 2.55 bits per heavy atom. The number of cyclic esters (lactones) is 1. The van der Waals surface area contributed by atoms with Crippen molar-refractivity contribution < 1.29 is 9.53 Å². The summed E-state index contributed by atoms with van der Waals surface area (Å²) in [4.78, 5) is 14.2. The van der Waals surface area contributed by atoms with Gasteiger partial charge in [0.2, 0.25) is 0 Å². The molecule has 3 nitrogen and oxygen atoms in total. The van der Waals surface area contributed by atoms with Gasteiger partial charge in [-0.05, 0) is 31.9 Å². The summed E-state index contributed by atoms with van der Waals surface area (Å²) < 4.78 is 5.71. The van der Waals surface area contributed by atoms with Crippen LogP contribution in [0.1, 0.15) is 36.6 Å². The summed E-state index contributed by atoms with van der Waals surface area (Å²) in [6.45, 7) is 6.65. The van der Waals surface area contributed by atoms with Crippen molar-refractivity contribution in [2.24, 2.45) is 0 Å². The van der Waals surface area contributed by atoms with Crippen LogP contribution in [0.4, 0.5) is 4.79 Å². The van der Waals surface area contributed by atoms with E-state index < -0.39 is 5.60 Å². The van der Waals surface area contributed by atoms with E-state index in [0.717, 1.165) is 11.1 Å². The highest BCUT2D eigenvalue weighted by atomic mass is 16.6. The van der Waals surface area contributed by atoms with Gasteiger partial charge < -0.3 is 4.74 Å². The molecule has 2 unspecified atom stereocenters. The minimum Gasteiger partial charge on any atom is -0.436 e. The molecule has 2 aromatic carbocycles. The van der Waals surface area contributed by atoms with Gasteiger partial charge in [-0.1, -0.05) is 60.2 Å². The SMILES string of the molecule is Cc1cccc(C(C)N2CC(C)(c3ccccc3)OC2=O)c1. The number of amides is 1. The van der Waals surface area contributed by atoms with Crippen LogP contribution in [0, 0.1) is 6.92 Å². The van der Waals surface area contributed by atoms with Gasteiger partial charge in [0.25, 0.3) is 0 Å². The Kier molecular flexibility index (Phi) is 3.65. The minimum absolute atomic E-state index is 0.00191. The quantitative estimate of drug-likeness (QED) is 0.838. The van der Waals surface area contributed by atoms with E-state index >= 15 is 0 Å². The fourth-order valence-electron chi connectivity index (χ4n) is 3.02. The maximum atomic E-state index is 12.4. The van der Waals surface area contributed by atoms with Crippen molar-refractivity contribution in [2.45, 2.75) is 32.4 Å². The van der Waals surface area contributed by atoms with Crippen molar-refractivity contribution >= 4 is 6.09 Å². The van der Waals surface area contributed by atoms with Gasteiger partial charge in [-0.25, -0.2) is 4.79 Å². The molecule has 2 atom stereocenters. The van der Waals surface area contributed by atoms with E-state index in [1.807, 2.05) is 55.1 Å². The van der Waals surface area contributed by atoms with Crippen LogP contribution in [-0.2, 0) is 10.3 Å². The molecule has 0 radical (unpaired) electrons. The third kappa shape index (κ3) is 2.59. The van der Waals surface area contributed by atoms with E-state index in [0.29, 0.717) is 6.54 Å². The molecule has 0 spiro atoms. The van der Waals surface area contributed by atoms with E-state index in [-0.39, 0.29) is 12.1 Å². The van der Waals surface area contributed by atoms with Crippen molar-refractivity contribution in [1.29, 1.82) is 0 Å². The summed E-state index contributed by atoms with van der Waals surface area (Å²) in [5, 5.41) is 0. The number of nitrogens with zero attached hydrogens (tertiary/aromatic N) is 1. The molecule has 1 fully saturated rings. The summed E-state index contributed by atoms with van der Waals surface area (Å²) >= 11 is 0. The summed E-state index contributed by atoms with van der Waals surface area (Å²) in [5.74, 6) is 0. The van der Waals surface area contributed by atoms with Crippen molar-refractivity contribution in [3.05, 3.63) is 71.3 Å². The highest BCUT2D eigenvalue weighted by Gasteiger charge is 2.44. The molecule has 2 aromatic rings. The number of hydrogen-bond donors (Lipinski definition) is 0. The molecule has 1 aliphatic rings. The Hall–Kier alpha value is -2.29. The fraction of sp³-hybridized carbons (Fsp3) is 0.316. The maximum absolute atomic E-state index is 12.4. The summed E-state index contributed by atoms with van der Waals surface area (Å²) in [6.07, 6.45) is -0.250. The zero-order valence-corrected chi connectivity index (χ0v) is 13.2. The maximum Gasteiger partial charge on any atom is 0.411 e. The molecule has 0 bridgehead atoms. The largest absolute Gasteiger partial charge is 0.436 e. The van der Waals surface area contributed by atoms with Crippen LogP contribution in [0.15, 0.2) is 54.6 Å². The van der Waals surface area contributed by atoms with Crippen molar-refractivity contribution in [3.63, 3.8) is 0 Å². The number of benzene rings is 2. The van der Waals surface area contributed by atoms with Crippen molar-refractivity contribution in [3.8, 4) is 0 Å². The first-order chi connectivity index (χ1) is 10.5. The standard InChI is InChI=1S/C19H21NO2/c1-14-8-7-9-16(12-14)15(2)20-13-19(3,22-18(20)21)17-10-5-4-6-11-17/h4-12,15H,13H2,1-3H3. The zero-order valence-electron chi connectivity index (χ0n) is 13.2. The lowest BCUT2D eigenvalue weighted by atomic mass is 9.95. The van der Waals surface area contributed by atoms with Gasteiger partial charge in [-0.2, -0.15) is 0 Å². The molecule has 0 aliphatic carbocycles. The zero-order chi connectivity index (χ0) is 15.7. The number of carbonyl (C=O) groups is 1. The van der Waals surface area contributed by atoms with Crippen LogP contribution in [0.2, 0.25) is 0 Å². The molecule has 1 aliphatic heterocycles. The highest BCUT2D eigenvalue weighted by Crippen LogP contribution is 2.37. The van der Waals surface area contributed by atoms with Gasteiger partial charge in [0, 0.05) is 0 Å². The second kappa shape index (κ2) is 5.48. The normalized spacial score (nSPS) is 22.5. The van der Waals surface area contributed by atoms with Crippen LogP contribution in [0.5, 0.6) is 0 Å². The van der Waals surface area contributed by atoms with Gasteiger partial charge >= 0.3 is 6.09 Å². The lowest BCUT2D eigenvalue weighted by Gasteiger charge is -2.25. The van der Waals surface area contributed by atoms with Crippen LogP contribution in [0.25, 0.3) is 0 Å². The molecule has 0 N–H and O–H groups in total. The number of aryl methyl sites for hydroxylation is 1. The van der Waals surface area contributed by atoms with Gasteiger partial charge in [0.15, 0.2) is 5.60 Å². The summed E-state index contributed by atoms with van der Waals surface area (Å²) in [6, 6.07) is 18.2. The molecule has 1 saturated heterocycles. The second-order valence-corrected chi connectivity index (χ2v) is 6.18. The lowest BCUT2D eigenvalue weighted by Crippen LogP contribution is -2.31. The Bertz CT molecular complexity index is 683. The molecular formula is C19H21NO2. The topological polar surface area (TPSA) is 29.5 Å². The Morgan fingerprint density at radius 2 is 1.86 bits per heavy atom. The molecule has 3 heteroatoms. The number of ether oxygens (including phenoxy) is 1. The average Bonchev–Trinajstić information content (AvgIpc) is 2.84. The molecular weight excluding hydrogens is 274 g/mol. The third-order valence-electron chi connectivity index (χ3n) is 4.40. The summed E-state index contributed by atoms with van der Waals surface area (Å²) in [7, 11) is 0.